The van der Waals surface area contributed by atoms with Gasteiger partial charge >= 0.3 is 5.97 Å². The predicted octanol–water partition coefficient (Wildman–Crippen LogP) is 5.96. The predicted molar refractivity (Wildman–Crippen MR) is 90.4 cm³/mol. The minimum absolute atomic E-state index is 0.107. The maximum atomic E-state index is 10.9. The Bertz CT molecular complexity index is 288. The smallest absolute Gasteiger partial charge is 0.305 e. The number of allylic oxidation sites excluding steroid dienone is 1. The van der Waals surface area contributed by atoms with Gasteiger partial charge in [0.25, 0.3) is 0 Å². The molecule has 0 aromatic carbocycles. The van der Waals surface area contributed by atoms with E-state index in [1.807, 2.05) is 0 Å². The van der Waals surface area contributed by atoms with Crippen LogP contribution in [0.25, 0.3) is 0 Å². The van der Waals surface area contributed by atoms with Gasteiger partial charge in [0.1, 0.15) is 0 Å². The molecule has 0 aliphatic heterocycles. The SMILES string of the molecule is CCCCCCCCCCC=C=CCCCCC(=O)OC. The summed E-state index contributed by atoms with van der Waals surface area (Å²) in [5, 5.41) is 0. The maximum Gasteiger partial charge on any atom is 0.305 e. The summed E-state index contributed by atoms with van der Waals surface area (Å²) in [5.74, 6) is -0.107. The summed E-state index contributed by atoms with van der Waals surface area (Å²) in [7, 11) is 1.44. The second kappa shape index (κ2) is 17.0. The zero-order chi connectivity index (χ0) is 15.6. The molecule has 0 amide bonds. The quantitative estimate of drug-likeness (QED) is 0.224. The minimum Gasteiger partial charge on any atom is -0.469 e. The molecule has 0 bridgehead atoms. The first-order chi connectivity index (χ1) is 10.3. The normalized spacial score (nSPS) is 10.0. The molecule has 0 fully saturated rings. The molecule has 0 aromatic rings. The van der Waals surface area contributed by atoms with Crippen LogP contribution in [0.15, 0.2) is 17.9 Å². The molecule has 0 aliphatic rings. The molecule has 0 radical (unpaired) electrons. The summed E-state index contributed by atoms with van der Waals surface area (Å²) < 4.78 is 4.60. The Morgan fingerprint density at radius 2 is 1.38 bits per heavy atom. The molecule has 0 rings (SSSR count). The van der Waals surface area contributed by atoms with E-state index in [4.69, 9.17) is 0 Å². The second-order valence-electron chi connectivity index (χ2n) is 5.66. The maximum absolute atomic E-state index is 10.9. The van der Waals surface area contributed by atoms with Crippen LogP contribution in [0, 0.1) is 0 Å². The molecule has 0 aliphatic carbocycles. The Morgan fingerprint density at radius 3 is 1.95 bits per heavy atom. The van der Waals surface area contributed by atoms with Crippen LogP contribution in [0.1, 0.15) is 90.4 Å². The van der Waals surface area contributed by atoms with Crippen molar-refractivity contribution in [3.8, 4) is 0 Å². The standard InChI is InChI=1S/C19H34O2/c1-3-4-5-6-7-8-9-10-11-12-13-14-15-16-17-18-19(20)21-2/h12,14H,3-11,15-18H2,1-2H3. The van der Waals surface area contributed by atoms with Crippen molar-refractivity contribution in [1.29, 1.82) is 0 Å². The highest BCUT2D eigenvalue weighted by atomic mass is 16.5. The van der Waals surface area contributed by atoms with Crippen LogP contribution in [-0.2, 0) is 9.53 Å². The van der Waals surface area contributed by atoms with E-state index in [1.54, 1.807) is 0 Å². The van der Waals surface area contributed by atoms with Gasteiger partial charge in [-0.2, -0.15) is 0 Å². The average molecular weight is 294 g/mol. The van der Waals surface area contributed by atoms with E-state index in [0.717, 1.165) is 25.7 Å². The first kappa shape index (κ1) is 20.0. The summed E-state index contributed by atoms with van der Waals surface area (Å²) >= 11 is 0. The lowest BCUT2D eigenvalue weighted by Crippen LogP contribution is -1.98. The van der Waals surface area contributed by atoms with Gasteiger partial charge in [0.15, 0.2) is 0 Å². The van der Waals surface area contributed by atoms with Crippen molar-refractivity contribution < 1.29 is 9.53 Å². The Hall–Kier alpha value is -1.01. The summed E-state index contributed by atoms with van der Waals surface area (Å²) in [4.78, 5) is 10.9. The van der Waals surface area contributed by atoms with E-state index in [9.17, 15) is 4.79 Å². The number of hydrogen-bond donors (Lipinski definition) is 0. The van der Waals surface area contributed by atoms with Gasteiger partial charge < -0.3 is 4.74 Å². The van der Waals surface area contributed by atoms with E-state index in [1.165, 1.54) is 58.5 Å². The van der Waals surface area contributed by atoms with E-state index < -0.39 is 0 Å². The molecule has 0 saturated carbocycles. The molecule has 21 heavy (non-hydrogen) atoms. The molecule has 0 unspecified atom stereocenters. The van der Waals surface area contributed by atoms with Crippen LogP contribution in [0.5, 0.6) is 0 Å². The van der Waals surface area contributed by atoms with Crippen molar-refractivity contribution in [2.75, 3.05) is 7.11 Å². The average Bonchev–Trinajstić information content (AvgIpc) is 2.50. The highest BCUT2D eigenvalue weighted by molar-refractivity contribution is 5.68. The molecule has 0 saturated heterocycles. The van der Waals surface area contributed by atoms with Gasteiger partial charge in [-0.25, -0.2) is 0 Å². The first-order valence-electron chi connectivity index (χ1n) is 8.77. The van der Waals surface area contributed by atoms with Gasteiger partial charge in [-0.1, -0.05) is 51.9 Å². The fourth-order valence-corrected chi connectivity index (χ4v) is 2.25. The van der Waals surface area contributed by atoms with Crippen LogP contribution >= 0.6 is 0 Å². The van der Waals surface area contributed by atoms with Crippen LogP contribution < -0.4 is 0 Å². The number of carbonyl (C=O) groups excluding carboxylic acids is 1. The minimum atomic E-state index is -0.107. The number of unbranched alkanes of at least 4 members (excludes halogenated alkanes) is 10. The monoisotopic (exact) mass is 294 g/mol. The van der Waals surface area contributed by atoms with Crippen LogP contribution in [0.2, 0.25) is 0 Å². The molecular formula is C19H34O2. The zero-order valence-electron chi connectivity index (χ0n) is 14.2. The van der Waals surface area contributed by atoms with Crippen LogP contribution in [0.3, 0.4) is 0 Å². The highest BCUT2D eigenvalue weighted by Gasteiger charge is 1.97. The number of ether oxygens (including phenoxy) is 1. The number of carbonyl (C=O) groups is 1. The lowest BCUT2D eigenvalue weighted by atomic mass is 10.1. The molecule has 0 atom stereocenters. The lowest BCUT2D eigenvalue weighted by Gasteiger charge is -1.99. The number of rotatable bonds is 14. The van der Waals surface area contributed by atoms with Crippen LogP contribution in [-0.4, -0.2) is 13.1 Å². The second-order valence-corrected chi connectivity index (χ2v) is 5.66. The molecule has 0 N–H and O–H groups in total. The van der Waals surface area contributed by atoms with Crippen molar-refractivity contribution >= 4 is 5.97 Å². The van der Waals surface area contributed by atoms with Crippen molar-refractivity contribution in [2.24, 2.45) is 0 Å². The van der Waals surface area contributed by atoms with Gasteiger partial charge in [-0.05, 0) is 44.3 Å². The Labute approximate surface area is 131 Å². The van der Waals surface area contributed by atoms with Gasteiger partial charge in [-0.3, -0.25) is 4.79 Å². The molecular weight excluding hydrogens is 260 g/mol. The third kappa shape index (κ3) is 16.9. The fraction of sp³-hybridized carbons (Fsp3) is 0.789. The molecule has 2 heteroatoms. The molecule has 0 spiro atoms. The Kier molecular flexibility index (Phi) is 16.2. The van der Waals surface area contributed by atoms with Gasteiger partial charge in [0.05, 0.1) is 7.11 Å². The van der Waals surface area contributed by atoms with Crippen molar-refractivity contribution in [2.45, 2.75) is 90.4 Å². The summed E-state index contributed by atoms with van der Waals surface area (Å²) in [6, 6.07) is 0. The summed E-state index contributed by atoms with van der Waals surface area (Å²) in [6.45, 7) is 2.26. The molecule has 122 valence electrons. The summed E-state index contributed by atoms with van der Waals surface area (Å²) in [5.41, 5.74) is 3.24. The zero-order valence-corrected chi connectivity index (χ0v) is 14.2. The van der Waals surface area contributed by atoms with Crippen molar-refractivity contribution in [1.82, 2.24) is 0 Å². The number of methoxy groups -OCH3 is 1. The molecule has 2 nitrogen and oxygen atoms in total. The first-order valence-corrected chi connectivity index (χ1v) is 8.77. The molecule has 0 aromatic heterocycles. The Morgan fingerprint density at radius 1 is 0.857 bits per heavy atom. The summed E-state index contributed by atoms with van der Waals surface area (Å²) in [6.07, 6.45) is 19.8. The molecule has 0 heterocycles. The van der Waals surface area contributed by atoms with Gasteiger partial charge in [-0.15, -0.1) is 5.73 Å². The van der Waals surface area contributed by atoms with E-state index >= 15 is 0 Å². The third-order valence-electron chi connectivity index (χ3n) is 3.64. The highest BCUT2D eigenvalue weighted by Crippen LogP contribution is 2.09. The van der Waals surface area contributed by atoms with Crippen molar-refractivity contribution in [3.05, 3.63) is 17.9 Å². The van der Waals surface area contributed by atoms with Gasteiger partial charge in [0, 0.05) is 6.42 Å². The van der Waals surface area contributed by atoms with Crippen molar-refractivity contribution in [3.63, 3.8) is 0 Å². The number of esters is 1. The van der Waals surface area contributed by atoms with Gasteiger partial charge in [0.2, 0.25) is 0 Å². The topological polar surface area (TPSA) is 26.3 Å². The lowest BCUT2D eigenvalue weighted by molar-refractivity contribution is -0.140. The third-order valence-corrected chi connectivity index (χ3v) is 3.64. The Balaban J connectivity index is 3.24. The van der Waals surface area contributed by atoms with E-state index in [2.05, 4.69) is 29.5 Å². The van der Waals surface area contributed by atoms with E-state index in [-0.39, 0.29) is 5.97 Å². The van der Waals surface area contributed by atoms with Crippen LogP contribution in [0.4, 0.5) is 0 Å². The fourth-order valence-electron chi connectivity index (χ4n) is 2.25. The number of hydrogen-bond acceptors (Lipinski definition) is 2. The van der Waals surface area contributed by atoms with E-state index in [0.29, 0.717) is 6.42 Å². The largest absolute Gasteiger partial charge is 0.469 e.